The van der Waals surface area contributed by atoms with Crippen LogP contribution in [0.25, 0.3) is 44.2 Å². The molecular weight excluding hydrogens is 772 g/mol. The molecule has 2 fully saturated rings. The number of nitrogens with one attached hydrogen (secondary N) is 3. The third-order valence-electron chi connectivity index (χ3n) is 11.7. The van der Waals surface area contributed by atoms with Crippen molar-refractivity contribution in [2.45, 2.75) is 97.4 Å². The van der Waals surface area contributed by atoms with Crippen molar-refractivity contribution in [3.8, 4) is 22.4 Å². The van der Waals surface area contributed by atoms with Gasteiger partial charge in [-0.05, 0) is 74.1 Å². The maximum atomic E-state index is 13.8. The van der Waals surface area contributed by atoms with Gasteiger partial charge in [-0.3, -0.25) is 9.59 Å². The van der Waals surface area contributed by atoms with Crippen molar-refractivity contribution in [3.05, 3.63) is 71.4 Å². The highest BCUT2D eigenvalue weighted by atomic mass is 35.5. The summed E-state index contributed by atoms with van der Waals surface area (Å²) in [6.45, 7) is 11.5. The van der Waals surface area contributed by atoms with Gasteiger partial charge in [0.25, 0.3) is 5.91 Å². The number of hydrogen-bond acceptors (Lipinski definition) is 8. The molecule has 5 atom stereocenters. The number of fused-ring (bicyclic) bond motifs is 3. The van der Waals surface area contributed by atoms with Crippen LogP contribution in [0.2, 0.25) is 5.15 Å². The molecule has 0 aliphatic carbocycles. The molecule has 310 valence electrons. The van der Waals surface area contributed by atoms with Gasteiger partial charge >= 0.3 is 12.2 Å². The number of rotatable bonds is 9. The zero-order valence-corrected chi connectivity index (χ0v) is 35.4. The summed E-state index contributed by atoms with van der Waals surface area (Å²) in [5, 5.41) is 5.09. The maximum Gasteiger partial charge on any atom is 0.433 e. The molecule has 3 N–H and O–H groups in total. The lowest BCUT2D eigenvalue weighted by Crippen LogP contribution is -2.52. The quantitative estimate of drug-likeness (QED) is 0.124. The molecule has 0 spiro atoms. The monoisotopic (exact) mass is 822 g/mol. The van der Waals surface area contributed by atoms with E-state index in [1.54, 1.807) is 9.80 Å². The van der Waals surface area contributed by atoms with Crippen molar-refractivity contribution in [1.82, 2.24) is 35.1 Å². The van der Waals surface area contributed by atoms with Crippen LogP contribution in [0.5, 0.6) is 0 Å². The predicted octanol–water partition coefficient (Wildman–Crippen LogP) is 8.77. The minimum Gasteiger partial charge on any atom is -0.453 e. The summed E-state index contributed by atoms with van der Waals surface area (Å²) in [6.07, 6.45) is 1.57. The molecule has 0 unspecified atom stereocenters. The smallest absolute Gasteiger partial charge is 0.433 e. The molecule has 15 heteroatoms. The van der Waals surface area contributed by atoms with Crippen molar-refractivity contribution < 1.29 is 28.7 Å². The van der Waals surface area contributed by atoms with E-state index in [9.17, 15) is 19.2 Å². The molecule has 2 aliphatic heterocycles. The number of aliphatic imine (C=N–C) groups is 1. The first-order chi connectivity index (χ1) is 28.2. The van der Waals surface area contributed by atoms with Crippen molar-refractivity contribution in [2.75, 3.05) is 14.2 Å². The number of alkyl carbamates (subject to hydrolysis) is 1. The first-order valence-electron chi connectivity index (χ1n) is 20.1. The molecule has 4 heterocycles. The van der Waals surface area contributed by atoms with E-state index in [2.05, 4.69) is 44.5 Å². The van der Waals surface area contributed by atoms with Crippen LogP contribution < -0.4 is 5.32 Å². The summed E-state index contributed by atoms with van der Waals surface area (Å²) in [6, 6.07) is 16.9. The fourth-order valence-corrected chi connectivity index (χ4v) is 8.72. The number of imidazole rings is 2. The average Bonchev–Trinajstić information content (AvgIpc) is 4.02. The van der Waals surface area contributed by atoms with E-state index >= 15 is 0 Å². The van der Waals surface area contributed by atoms with Crippen molar-refractivity contribution >= 4 is 63.1 Å². The number of methoxy groups -OCH3 is 2. The molecule has 2 aromatic heterocycles. The molecule has 2 aliphatic rings. The molecule has 7 rings (SSSR count). The van der Waals surface area contributed by atoms with E-state index in [-0.39, 0.29) is 53.5 Å². The summed E-state index contributed by atoms with van der Waals surface area (Å²) in [5.74, 6) is 0.406. The summed E-state index contributed by atoms with van der Waals surface area (Å²) in [4.78, 5) is 76.0. The van der Waals surface area contributed by atoms with Gasteiger partial charge in [-0.25, -0.2) is 19.6 Å². The molecule has 4 amide bonds. The minimum absolute atomic E-state index is 0.0519. The Bertz CT molecular complexity index is 2440. The zero-order valence-electron chi connectivity index (χ0n) is 34.6. The molecule has 0 saturated carbocycles. The zero-order chi connectivity index (χ0) is 42.3. The molecule has 5 aromatic rings. The molecule has 3 aromatic carbocycles. The van der Waals surface area contributed by atoms with Crippen LogP contribution in [0.4, 0.5) is 9.59 Å². The van der Waals surface area contributed by atoms with E-state index in [0.29, 0.717) is 28.9 Å². The van der Waals surface area contributed by atoms with Gasteiger partial charge in [0.15, 0.2) is 0 Å². The normalized spacial score (nSPS) is 20.2. The number of aromatic nitrogens is 4. The first kappa shape index (κ1) is 41.4. The fourth-order valence-electron chi connectivity index (χ4n) is 8.48. The second-order valence-corrected chi connectivity index (χ2v) is 16.6. The van der Waals surface area contributed by atoms with Crippen LogP contribution >= 0.6 is 11.6 Å². The van der Waals surface area contributed by atoms with E-state index in [1.165, 1.54) is 14.2 Å². The summed E-state index contributed by atoms with van der Waals surface area (Å²) in [7, 11) is 2.53. The van der Waals surface area contributed by atoms with Gasteiger partial charge in [0, 0.05) is 29.0 Å². The van der Waals surface area contributed by atoms with Crippen molar-refractivity contribution in [2.24, 2.45) is 16.8 Å². The summed E-state index contributed by atoms with van der Waals surface area (Å²) < 4.78 is 9.52. The standard InChI is InChI=1S/C44H51ClN8O6/c1-22(2)34(49-43(56)58-7)41(54)52-24(5)9-19-32(52)39-46-31-18-16-29-21-28(15-17-30(29)37(31)48-39)26-11-13-27(14-12-26)36-38(45)51-40(47-36)33-20-10-25(6)53(33)42(55)35(23(3)4)50-44(57)59-8/h11-18,21-25,32-33,35H,9-10,19-20H2,1-8H3,(H,46,48)(H,47,51)(H,50,57)/b49-34+/t24-,25-,32-,33-,35-/m0/s1. The van der Waals surface area contributed by atoms with Crippen LogP contribution in [-0.4, -0.2) is 91.8 Å². The van der Waals surface area contributed by atoms with E-state index in [1.807, 2.05) is 71.9 Å². The van der Waals surface area contributed by atoms with Gasteiger partial charge in [-0.1, -0.05) is 81.8 Å². The van der Waals surface area contributed by atoms with Crippen molar-refractivity contribution in [3.63, 3.8) is 0 Å². The number of carbonyl (C=O) groups is 4. The molecule has 0 bridgehead atoms. The second kappa shape index (κ2) is 16.8. The van der Waals surface area contributed by atoms with Crippen molar-refractivity contribution in [1.29, 1.82) is 0 Å². The lowest BCUT2D eigenvalue weighted by molar-refractivity contribution is -0.137. The van der Waals surface area contributed by atoms with Gasteiger partial charge in [-0.15, -0.1) is 0 Å². The number of amides is 4. The SMILES string of the molecule is COC(=O)/N=C(/C(=O)N1[C@@H](C)CC[C@H]1c1nc2c(ccc3cc(-c4ccc(-c5nc([C@@H]6CC[C@H](C)N6C(=O)[C@@H](NC(=O)OC)C(C)C)[nH]c5Cl)cc4)ccc32)[nH]1)C(C)C. The number of ether oxygens (including phenoxy) is 2. The number of benzene rings is 3. The topological polar surface area (TPSA) is 175 Å². The summed E-state index contributed by atoms with van der Waals surface area (Å²) in [5.41, 5.74) is 5.31. The largest absolute Gasteiger partial charge is 0.453 e. The Morgan fingerprint density at radius 3 is 2.07 bits per heavy atom. The Labute approximate surface area is 348 Å². The Balaban J connectivity index is 1.11. The lowest BCUT2D eigenvalue weighted by atomic mass is 9.99. The number of halogens is 1. The highest BCUT2D eigenvalue weighted by Crippen LogP contribution is 2.40. The number of nitrogens with zero attached hydrogens (tertiary/aromatic N) is 5. The Morgan fingerprint density at radius 2 is 1.42 bits per heavy atom. The van der Waals surface area contributed by atoms with Crippen LogP contribution in [0.3, 0.4) is 0 Å². The Hall–Kier alpha value is -5.76. The third kappa shape index (κ3) is 8.02. The number of H-pyrrole nitrogens is 2. The molecule has 0 radical (unpaired) electrons. The number of aromatic amines is 2. The average molecular weight is 823 g/mol. The van der Waals surface area contributed by atoms with Gasteiger partial charge in [0.2, 0.25) is 5.91 Å². The lowest BCUT2D eigenvalue weighted by Gasteiger charge is -2.32. The van der Waals surface area contributed by atoms with Crippen LogP contribution in [0.15, 0.2) is 59.6 Å². The predicted molar refractivity (Wildman–Crippen MR) is 227 cm³/mol. The molecule has 59 heavy (non-hydrogen) atoms. The highest BCUT2D eigenvalue weighted by molar-refractivity contribution is 6.41. The third-order valence-corrected chi connectivity index (χ3v) is 11.9. The fraction of sp³-hybridized carbons (Fsp3) is 0.432. The van der Waals surface area contributed by atoms with Gasteiger partial charge < -0.3 is 34.6 Å². The van der Waals surface area contributed by atoms with Crippen LogP contribution in [0.1, 0.15) is 91.0 Å². The molecular formula is C44H51ClN8O6. The summed E-state index contributed by atoms with van der Waals surface area (Å²) >= 11 is 6.77. The minimum atomic E-state index is -0.794. The highest BCUT2D eigenvalue weighted by Gasteiger charge is 2.42. The Kier molecular flexibility index (Phi) is 11.8. The van der Waals surface area contributed by atoms with E-state index in [4.69, 9.17) is 31.0 Å². The van der Waals surface area contributed by atoms with Crippen LogP contribution in [0, 0.1) is 11.8 Å². The number of carbonyl (C=O) groups excluding carboxylic acids is 4. The maximum absolute atomic E-state index is 13.8. The molecule has 2 saturated heterocycles. The van der Waals surface area contributed by atoms with Gasteiger partial charge in [0.1, 0.15) is 34.2 Å². The number of hydrogen-bond donors (Lipinski definition) is 3. The van der Waals surface area contributed by atoms with Gasteiger partial charge in [-0.2, -0.15) is 4.99 Å². The number of likely N-dealkylation sites (tertiary alicyclic amines) is 2. The molecule has 14 nitrogen and oxygen atoms in total. The van der Waals surface area contributed by atoms with Gasteiger partial charge in [0.05, 0.1) is 37.3 Å². The van der Waals surface area contributed by atoms with E-state index in [0.717, 1.165) is 57.8 Å². The van der Waals surface area contributed by atoms with Crippen LogP contribution in [-0.2, 0) is 19.1 Å². The second-order valence-electron chi connectivity index (χ2n) is 16.2. The Morgan fingerprint density at radius 1 is 0.797 bits per heavy atom. The van der Waals surface area contributed by atoms with E-state index < -0.39 is 18.2 Å². The first-order valence-corrected chi connectivity index (χ1v) is 20.5.